The summed E-state index contributed by atoms with van der Waals surface area (Å²) in [6, 6.07) is 2.65. The highest BCUT2D eigenvalue weighted by Gasteiger charge is 2.14. The fraction of sp³-hybridized carbons (Fsp3) is 0.125. The van der Waals surface area contributed by atoms with E-state index in [0.717, 1.165) is 18.2 Å². The zero-order valence-corrected chi connectivity index (χ0v) is 10.2. The molecular formula is C8H6F2O6S2. The normalized spacial score (nSPS) is 12.1. The molecular weight excluding hydrogens is 294 g/mol. The van der Waals surface area contributed by atoms with Crippen molar-refractivity contribution in [2.75, 3.05) is 0 Å². The van der Waals surface area contributed by atoms with Crippen molar-refractivity contribution in [1.29, 1.82) is 0 Å². The lowest BCUT2D eigenvalue weighted by atomic mass is 10.1. The lowest BCUT2D eigenvalue weighted by Gasteiger charge is -2.04. The minimum Gasteiger partial charge on any atom is -0.358 e. The van der Waals surface area contributed by atoms with E-state index in [0.29, 0.717) is 0 Å². The number of aldehydes is 1. The van der Waals surface area contributed by atoms with E-state index in [1.165, 1.54) is 0 Å². The van der Waals surface area contributed by atoms with Gasteiger partial charge in [0.2, 0.25) is 0 Å². The van der Waals surface area contributed by atoms with E-state index >= 15 is 0 Å². The summed E-state index contributed by atoms with van der Waals surface area (Å²) in [5.74, 6) is -1.71. The molecule has 0 spiro atoms. The Morgan fingerprint density at radius 3 is 2.17 bits per heavy atom. The minimum absolute atomic E-state index is 0.185. The van der Waals surface area contributed by atoms with E-state index in [4.69, 9.17) is 0 Å². The number of rotatable bonds is 5. The fourth-order valence-electron chi connectivity index (χ4n) is 1.20. The molecule has 0 N–H and O–H groups in total. The van der Waals surface area contributed by atoms with Crippen molar-refractivity contribution < 1.29 is 33.6 Å². The molecule has 0 aliphatic carbocycles. The zero-order chi connectivity index (χ0) is 14.0. The molecule has 0 heterocycles. The molecule has 0 radical (unpaired) electrons. The molecule has 0 saturated heterocycles. The molecule has 0 amide bonds. The molecule has 18 heavy (non-hydrogen) atoms. The molecule has 0 fully saturated rings. The fourth-order valence-corrected chi connectivity index (χ4v) is 2.09. The molecule has 0 unspecified atom stereocenters. The first kappa shape index (κ1) is 14.5. The van der Waals surface area contributed by atoms with Crippen molar-refractivity contribution >= 4 is 27.0 Å². The SMILES string of the molecule is O=Cc1cc(CS(=O)(=O)F)cc(OS(=O)(=O)F)c1. The summed E-state index contributed by atoms with van der Waals surface area (Å²) < 4.78 is 69.8. The minimum atomic E-state index is -5.32. The van der Waals surface area contributed by atoms with Gasteiger partial charge in [-0.25, -0.2) is 0 Å². The molecule has 0 atom stereocenters. The van der Waals surface area contributed by atoms with Crippen LogP contribution in [-0.2, 0) is 26.5 Å². The van der Waals surface area contributed by atoms with E-state index in [9.17, 15) is 29.4 Å². The van der Waals surface area contributed by atoms with Gasteiger partial charge in [0.1, 0.15) is 17.8 Å². The third kappa shape index (κ3) is 5.19. The predicted octanol–water partition coefficient (Wildman–Crippen LogP) is 0.892. The maximum Gasteiger partial charge on any atom is 0.488 e. The van der Waals surface area contributed by atoms with Crippen molar-refractivity contribution in [3.63, 3.8) is 0 Å². The van der Waals surface area contributed by atoms with Gasteiger partial charge in [0.05, 0.1) is 0 Å². The number of carbonyl (C=O) groups is 1. The summed E-state index contributed by atoms with van der Waals surface area (Å²) in [5, 5.41) is 0. The number of halogens is 2. The first-order valence-electron chi connectivity index (χ1n) is 4.24. The summed E-state index contributed by atoms with van der Waals surface area (Å²) >= 11 is 0. The first-order chi connectivity index (χ1) is 8.09. The second-order valence-electron chi connectivity index (χ2n) is 3.19. The van der Waals surface area contributed by atoms with Crippen LogP contribution in [0.15, 0.2) is 18.2 Å². The summed E-state index contributed by atoms with van der Waals surface area (Å²) in [5.41, 5.74) is -0.435. The molecule has 100 valence electrons. The Morgan fingerprint density at radius 1 is 1.11 bits per heavy atom. The van der Waals surface area contributed by atoms with Crippen LogP contribution in [0, 0.1) is 0 Å². The average Bonchev–Trinajstić information content (AvgIpc) is 2.11. The largest absolute Gasteiger partial charge is 0.488 e. The van der Waals surface area contributed by atoms with Gasteiger partial charge < -0.3 is 4.18 Å². The monoisotopic (exact) mass is 300 g/mol. The van der Waals surface area contributed by atoms with Crippen molar-refractivity contribution in [2.45, 2.75) is 5.75 Å². The van der Waals surface area contributed by atoms with Gasteiger partial charge in [-0.15, -0.1) is 3.89 Å². The molecule has 0 aliphatic rings. The Labute approximate surface area is 102 Å². The van der Waals surface area contributed by atoms with Crippen LogP contribution in [0.2, 0.25) is 0 Å². The lowest BCUT2D eigenvalue weighted by molar-refractivity contribution is 0.112. The van der Waals surface area contributed by atoms with Crippen LogP contribution in [0.1, 0.15) is 15.9 Å². The van der Waals surface area contributed by atoms with Crippen LogP contribution in [0.25, 0.3) is 0 Å². The average molecular weight is 300 g/mol. The van der Waals surface area contributed by atoms with Crippen molar-refractivity contribution in [3.8, 4) is 5.75 Å². The molecule has 0 bridgehead atoms. The highest BCUT2D eigenvalue weighted by Crippen LogP contribution is 2.20. The summed E-state index contributed by atoms with van der Waals surface area (Å²) in [4.78, 5) is 10.5. The number of hydrogen-bond acceptors (Lipinski definition) is 6. The van der Waals surface area contributed by atoms with Gasteiger partial charge in [0.25, 0.3) is 0 Å². The first-order valence-corrected chi connectivity index (χ1v) is 7.11. The van der Waals surface area contributed by atoms with E-state index in [1.54, 1.807) is 0 Å². The van der Waals surface area contributed by atoms with Gasteiger partial charge in [0.15, 0.2) is 0 Å². The van der Waals surface area contributed by atoms with Gasteiger partial charge in [-0.3, -0.25) is 4.79 Å². The summed E-state index contributed by atoms with van der Waals surface area (Å²) in [6.45, 7) is 0. The standard InChI is InChI=1S/C8H6F2O6S2/c9-17(12,13)5-7-1-6(4-11)2-8(3-7)16-18(10,14)15/h1-4H,5H2. The molecule has 0 saturated carbocycles. The Kier molecular flexibility index (Phi) is 4.02. The topological polar surface area (TPSA) is 94.6 Å². The third-order valence-electron chi connectivity index (χ3n) is 1.66. The van der Waals surface area contributed by atoms with E-state index in [-0.39, 0.29) is 17.4 Å². The number of hydrogen-bond donors (Lipinski definition) is 0. The summed E-state index contributed by atoms with van der Waals surface area (Å²) in [6.07, 6.45) is 0.242. The van der Waals surface area contributed by atoms with E-state index in [1.807, 2.05) is 0 Å². The van der Waals surface area contributed by atoms with Crippen LogP contribution >= 0.6 is 0 Å². The molecule has 0 aromatic heterocycles. The summed E-state index contributed by atoms with van der Waals surface area (Å²) in [7, 11) is -10.2. The Hall–Kier alpha value is -1.55. The highest BCUT2D eigenvalue weighted by atomic mass is 32.3. The van der Waals surface area contributed by atoms with Crippen molar-refractivity contribution in [1.82, 2.24) is 0 Å². The van der Waals surface area contributed by atoms with Gasteiger partial charge in [-0.2, -0.15) is 16.8 Å². The van der Waals surface area contributed by atoms with Crippen molar-refractivity contribution in [3.05, 3.63) is 29.3 Å². The highest BCUT2D eigenvalue weighted by molar-refractivity contribution is 7.85. The maximum atomic E-state index is 12.4. The van der Waals surface area contributed by atoms with Crippen LogP contribution in [-0.4, -0.2) is 23.1 Å². The molecule has 10 heteroatoms. The van der Waals surface area contributed by atoms with Crippen LogP contribution in [0.5, 0.6) is 5.75 Å². The van der Waals surface area contributed by atoms with Crippen molar-refractivity contribution in [2.24, 2.45) is 0 Å². The third-order valence-corrected chi connectivity index (χ3v) is 2.73. The second kappa shape index (κ2) is 4.98. The maximum absolute atomic E-state index is 12.4. The Morgan fingerprint density at radius 2 is 1.72 bits per heavy atom. The van der Waals surface area contributed by atoms with E-state index < -0.39 is 32.2 Å². The molecule has 1 aromatic carbocycles. The molecule has 0 aliphatic heterocycles. The quantitative estimate of drug-likeness (QED) is 0.592. The van der Waals surface area contributed by atoms with Gasteiger partial charge >= 0.3 is 20.7 Å². The smallest absolute Gasteiger partial charge is 0.358 e. The predicted molar refractivity (Wildman–Crippen MR) is 56.2 cm³/mol. The Balaban J connectivity index is 3.21. The second-order valence-corrected chi connectivity index (χ2v) is 5.51. The molecule has 1 rings (SSSR count). The van der Waals surface area contributed by atoms with Crippen LogP contribution < -0.4 is 4.18 Å². The van der Waals surface area contributed by atoms with Gasteiger partial charge in [-0.05, 0) is 23.8 Å². The van der Waals surface area contributed by atoms with Crippen LogP contribution in [0.4, 0.5) is 7.77 Å². The zero-order valence-electron chi connectivity index (χ0n) is 8.54. The molecule has 1 aromatic rings. The van der Waals surface area contributed by atoms with Gasteiger partial charge in [-0.1, -0.05) is 3.89 Å². The number of benzene rings is 1. The van der Waals surface area contributed by atoms with Crippen LogP contribution in [0.3, 0.4) is 0 Å². The molecule has 6 nitrogen and oxygen atoms in total. The number of carbonyl (C=O) groups excluding carboxylic acids is 1. The lowest BCUT2D eigenvalue weighted by Crippen LogP contribution is -2.03. The van der Waals surface area contributed by atoms with E-state index in [2.05, 4.69) is 4.18 Å². The Bertz CT molecular complexity index is 613. The van der Waals surface area contributed by atoms with Gasteiger partial charge in [0, 0.05) is 5.56 Å².